The Hall–Kier alpha value is -0.160. The van der Waals surface area contributed by atoms with Crippen molar-refractivity contribution in [1.29, 1.82) is 0 Å². The molecular weight excluding hydrogens is 262 g/mol. The zero-order valence-corrected chi connectivity index (χ0v) is 14.3. The van der Waals surface area contributed by atoms with Crippen LogP contribution in [0.25, 0.3) is 0 Å². The fourth-order valence-corrected chi connectivity index (χ4v) is 3.81. The highest BCUT2D eigenvalue weighted by molar-refractivity contribution is 4.89. The second-order valence-electron chi connectivity index (χ2n) is 7.06. The van der Waals surface area contributed by atoms with E-state index in [1.165, 1.54) is 45.4 Å². The van der Waals surface area contributed by atoms with Crippen LogP contribution in [0.3, 0.4) is 0 Å². The largest absolute Gasteiger partial charge is 0.379 e. The van der Waals surface area contributed by atoms with E-state index in [1.54, 1.807) is 0 Å². The lowest BCUT2D eigenvalue weighted by molar-refractivity contribution is 0.0389. The van der Waals surface area contributed by atoms with Crippen molar-refractivity contribution in [2.75, 3.05) is 52.9 Å². The Morgan fingerprint density at radius 3 is 2.86 bits per heavy atom. The van der Waals surface area contributed by atoms with Crippen LogP contribution in [0, 0.1) is 5.92 Å². The van der Waals surface area contributed by atoms with E-state index in [1.807, 2.05) is 0 Å². The molecule has 0 amide bonds. The van der Waals surface area contributed by atoms with Gasteiger partial charge in [-0.2, -0.15) is 0 Å². The van der Waals surface area contributed by atoms with Crippen molar-refractivity contribution >= 4 is 0 Å². The van der Waals surface area contributed by atoms with Crippen LogP contribution in [0.2, 0.25) is 0 Å². The highest BCUT2D eigenvalue weighted by Gasteiger charge is 2.33. The van der Waals surface area contributed by atoms with Crippen molar-refractivity contribution in [2.24, 2.45) is 5.92 Å². The van der Waals surface area contributed by atoms with Crippen molar-refractivity contribution in [3.8, 4) is 0 Å². The standard InChI is InChI=1S/C17H35N3O/c1-15(2)21-13-5-8-18-9-12-20-11-7-17-16(14-20)6-4-10-19(17)3/h15-18H,4-14H2,1-3H3. The molecule has 2 unspecified atom stereocenters. The molecule has 0 aromatic heterocycles. The number of nitrogens with zero attached hydrogens (tertiary/aromatic N) is 2. The van der Waals surface area contributed by atoms with Gasteiger partial charge in [-0.05, 0) is 72.1 Å². The zero-order chi connectivity index (χ0) is 15.1. The Morgan fingerprint density at radius 2 is 2.05 bits per heavy atom. The van der Waals surface area contributed by atoms with Gasteiger partial charge in [0.1, 0.15) is 0 Å². The van der Waals surface area contributed by atoms with Gasteiger partial charge in [0.25, 0.3) is 0 Å². The van der Waals surface area contributed by atoms with E-state index < -0.39 is 0 Å². The van der Waals surface area contributed by atoms with Gasteiger partial charge in [0, 0.05) is 32.3 Å². The lowest BCUT2D eigenvalue weighted by Crippen LogP contribution is -2.53. The molecule has 2 aliphatic rings. The minimum absolute atomic E-state index is 0.361. The lowest BCUT2D eigenvalue weighted by atomic mass is 9.84. The number of likely N-dealkylation sites (tertiary alicyclic amines) is 2. The van der Waals surface area contributed by atoms with Crippen LogP contribution in [0.4, 0.5) is 0 Å². The minimum Gasteiger partial charge on any atom is -0.379 e. The van der Waals surface area contributed by atoms with Gasteiger partial charge in [-0.1, -0.05) is 0 Å². The molecular formula is C17H35N3O. The van der Waals surface area contributed by atoms with Crippen molar-refractivity contribution in [3.05, 3.63) is 0 Å². The molecule has 0 saturated carbocycles. The minimum atomic E-state index is 0.361. The summed E-state index contributed by atoms with van der Waals surface area (Å²) >= 11 is 0. The summed E-state index contributed by atoms with van der Waals surface area (Å²) in [6.07, 6.45) is 5.67. The molecule has 4 heteroatoms. The molecule has 2 saturated heterocycles. The summed E-state index contributed by atoms with van der Waals surface area (Å²) in [5, 5.41) is 3.56. The predicted octanol–water partition coefficient (Wildman–Crippen LogP) is 1.81. The van der Waals surface area contributed by atoms with Crippen LogP contribution in [0.1, 0.15) is 39.5 Å². The van der Waals surface area contributed by atoms with Crippen molar-refractivity contribution < 1.29 is 4.74 Å². The monoisotopic (exact) mass is 297 g/mol. The maximum atomic E-state index is 5.55. The number of ether oxygens (including phenoxy) is 1. The molecule has 0 bridgehead atoms. The van der Waals surface area contributed by atoms with Gasteiger partial charge in [0.05, 0.1) is 6.10 Å². The van der Waals surface area contributed by atoms with E-state index in [2.05, 4.69) is 36.0 Å². The summed E-state index contributed by atoms with van der Waals surface area (Å²) in [6.45, 7) is 12.4. The third-order valence-corrected chi connectivity index (χ3v) is 4.98. The van der Waals surface area contributed by atoms with Crippen molar-refractivity contribution in [2.45, 2.75) is 51.7 Å². The number of rotatable bonds is 8. The van der Waals surface area contributed by atoms with E-state index in [0.717, 1.165) is 38.1 Å². The van der Waals surface area contributed by atoms with Gasteiger partial charge < -0.3 is 19.9 Å². The van der Waals surface area contributed by atoms with E-state index in [4.69, 9.17) is 4.74 Å². The normalized spacial score (nSPS) is 28.0. The van der Waals surface area contributed by atoms with Crippen LogP contribution >= 0.6 is 0 Å². The molecule has 0 aliphatic carbocycles. The maximum absolute atomic E-state index is 5.55. The summed E-state index contributed by atoms with van der Waals surface area (Å²) < 4.78 is 5.55. The van der Waals surface area contributed by atoms with Gasteiger partial charge in [-0.25, -0.2) is 0 Å². The summed E-state index contributed by atoms with van der Waals surface area (Å²) in [6, 6.07) is 0.858. The number of fused-ring (bicyclic) bond motifs is 1. The SMILES string of the molecule is CC(C)OCCCNCCN1CCC2C(CCCN2C)C1. The summed E-state index contributed by atoms with van der Waals surface area (Å²) in [7, 11) is 2.31. The first-order valence-electron chi connectivity index (χ1n) is 8.91. The van der Waals surface area contributed by atoms with E-state index in [9.17, 15) is 0 Å². The van der Waals surface area contributed by atoms with Gasteiger partial charge in [-0.3, -0.25) is 0 Å². The average molecular weight is 297 g/mol. The molecule has 1 N–H and O–H groups in total. The Kier molecular flexibility index (Phi) is 7.44. The first-order chi connectivity index (χ1) is 10.2. The molecule has 2 rings (SSSR count). The van der Waals surface area contributed by atoms with Gasteiger partial charge >= 0.3 is 0 Å². The van der Waals surface area contributed by atoms with E-state index >= 15 is 0 Å². The molecule has 21 heavy (non-hydrogen) atoms. The molecule has 0 radical (unpaired) electrons. The fourth-order valence-electron chi connectivity index (χ4n) is 3.81. The Morgan fingerprint density at radius 1 is 1.19 bits per heavy atom. The first-order valence-corrected chi connectivity index (χ1v) is 8.91. The number of hydrogen-bond acceptors (Lipinski definition) is 4. The van der Waals surface area contributed by atoms with Crippen molar-refractivity contribution in [3.63, 3.8) is 0 Å². The summed E-state index contributed by atoms with van der Waals surface area (Å²) in [5.41, 5.74) is 0. The lowest BCUT2D eigenvalue weighted by Gasteiger charge is -2.46. The second-order valence-corrected chi connectivity index (χ2v) is 7.06. The topological polar surface area (TPSA) is 27.7 Å². The van der Waals surface area contributed by atoms with Crippen molar-refractivity contribution in [1.82, 2.24) is 15.1 Å². The van der Waals surface area contributed by atoms with Gasteiger partial charge in [0.2, 0.25) is 0 Å². The smallest absolute Gasteiger partial charge is 0.0518 e. The number of nitrogens with one attached hydrogen (secondary N) is 1. The number of piperidine rings is 2. The third-order valence-electron chi connectivity index (χ3n) is 4.98. The molecule has 2 aliphatic heterocycles. The Bertz CT molecular complexity index is 285. The quantitative estimate of drug-likeness (QED) is 0.692. The zero-order valence-electron chi connectivity index (χ0n) is 14.3. The third kappa shape index (κ3) is 5.85. The number of hydrogen-bond donors (Lipinski definition) is 1. The Labute approximate surface area is 131 Å². The van der Waals surface area contributed by atoms with Crippen LogP contribution in [0.5, 0.6) is 0 Å². The first kappa shape index (κ1) is 17.2. The van der Waals surface area contributed by atoms with E-state index in [0.29, 0.717) is 6.10 Å². The van der Waals surface area contributed by atoms with Gasteiger partial charge in [0.15, 0.2) is 0 Å². The Balaban J connectivity index is 1.52. The molecule has 0 aromatic carbocycles. The molecule has 2 atom stereocenters. The average Bonchev–Trinajstić information content (AvgIpc) is 2.46. The van der Waals surface area contributed by atoms with Gasteiger partial charge in [-0.15, -0.1) is 0 Å². The highest BCUT2D eigenvalue weighted by Crippen LogP contribution is 2.29. The molecule has 124 valence electrons. The van der Waals surface area contributed by atoms with Crippen LogP contribution in [0.15, 0.2) is 0 Å². The predicted molar refractivity (Wildman–Crippen MR) is 88.8 cm³/mol. The molecule has 2 fully saturated rings. The van der Waals surface area contributed by atoms with Crippen LogP contribution in [-0.4, -0.2) is 74.9 Å². The van der Waals surface area contributed by atoms with Crippen LogP contribution in [-0.2, 0) is 4.74 Å². The fraction of sp³-hybridized carbons (Fsp3) is 1.00. The second kappa shape index (κ2) is 9.09. The molecule has 4 nitrogen and oxygen atoms in total. The molecule has 0 spiro atoms. The molecule has 2 heterocycles. The maximum Gasteiger partial charge on any atom is 0.0518 e. The molecule has 0 aromatic rings. The highest BCUT2D eigenvalue weighted by atomic mass is 16.5. The van der Waals surface area contributed by atoms with E-state index in [-0.39, 0.29) is 0 Å². The summed E-state index contributed by atoms with van der Waals surface area (Å²) in [4.78, 5) is 5.26. The summed E-state index contributed by atoms with van der Waals surface area (Å²) in [5.74, 6) is 0.914. The van der Waals surface area contributed by atoms with Crippen LogP contribution < -0.4 is 5.32 Å².